The monoisotopic (exact) mass is 222 g/mol. The first-order valence-electron chi connectivity index (χ1n) is 5.43. The largest absolute Gasteiger partial charge is 0.453 e. The lowest BCUT2D eigenvalue weighted by Gasteiger charge is -2.03. The van der Waals surface area contributed by atoms with Crippen LogP contribution >= 0.6 is 0 Å². The van der Waals surface area contributed by atoms with Crippen LogP contribution in [-0.4, -0.2) is 5.78 Å². The average molecular weight is 222 g/mol. The Bertz CT molecular complexity index is 622. The Balaban J connectivity index is 2.05. The van der Waals surface area contributed by atoms with Crippen molar-refractivity contribution in [3.05, 3.63) is 72.0 Å². The van der Waals surface area contributed by atoms with E-state index in [0.717, 1.165) is 11.3 Å². The van der Waals surface area contributed by atoms with E-state index in [1.807, 2.05) is 42.5 Å². The molecule has 1 aliphatic heterocycles. The quantitative estimate of drug-likeness (QED) is 0.620. The molecule has 82 valence electrons. The first-order valence-corrected chi connectivity index (χ1v) is 5.43. The van der Waals surface area contributed by atoms with E-state index in [4.69, 9.17) is 4.42 Å². The molecule has 17 heavy (non-hydrogen) atoms. The topological polar surface area (TPSA) is 30.2 Å². The van der Waals surface area contributed by atoms with E-state index in [1.54, 1.807) is 18.2 Å². The minimum absolute atomic E-state index is 0.0892. The zero-order chi connectivity index (χ0) is 11.7. The normalized spacial score (nSPS) is 10.6. The van der Waals surface area contributed by atoms with Crippen molar-refractivity contribution in [2.24, 2.45) is 0 Å². The van der Waals surface area contributed by atoms with Gasteiger partial charge in [-0.05, 0) is 18.2 Å². The lowest BCUT2D eigenvalue weighted by atomic mass is 10.1. The molecule has 0 spiro atoms. The summed E-state index contributed by atoms with van der Waals surface area (Å²) in [7, 11) is 0. The fourth-order valence-corrected chi connectivity index (χ4v) is 1.82. The van der Waals surface area contributed by atoms with Crippen LogP contribution in [0, 0.1) is 0 Å². The predicted molar refractivity (Wildman–Crippen MR) is 65.2 cm³/mol. The molecule has 0 radical (unpaired) electrons. The van der Waals surface area contributed by atoms with Crippen LogP contribution in [0.5, 0.6) is 0 Å². The fraction of sp³-hybridized carbons (Fsp3) is 0. The van der Waals surface area contributed by atoms with Crippen molar-refractivity contribution in [1.82, 2.24) is 0 Å². The molecule has 0 amide bonds. The first-order chi connectivity index (χ1) is 8.34. The van der Waals surface area contributed by atoms with E-state index in [2.05, 4.69) is 0 Å². The van der Waals surface area contributed by atoms with Crippen LogP contribution in [0.1, 0.15) is 16.1 Å². The van der Waals surface area contributed by atoms with Crippen LogP contribution in [0.25, 0.3) is 11.3 Å². The van der Waals surface area contributed by atoms with Crippen molar-refractivity contribution in [2.75, 3.05) is 0 Å². The van der Waals surface area contributed by atoms with Gasteiger partial charge < -0.3 is 4.42 Å². The van der Waals surface area contributed by atoms with Crippen molar-refractivity contribution < 1.29 is 9.21 Å². The molecule has 0 atom stereocenters. The SMILES string of the molecule is O=C(c1ccccc1)c1ccc2cccc-2o1. The zero-order valence-electron chi connectivity index (χ0n) is 9.09. The molecule has 1 aliphatic carbocycles. The second-order valence-corrected chi connectivity index (χ2v) is 3.84. The molecule has 0 N–H and O–H groups in total. The number of carbonyl (C=O) groups excluding carboxylic acids is 1. The lowest BCUT2D eigenvalue weighted by molar-refractivity contribution is 0.101. The van der Waals surface area contributed by atoms with Gasteiger partial charge in [0, 0.05) is 11.1 Å². The highest BCUT2D eigenvalue weighted by Crippen LogP contribution is 2.24. The third-order valence-corrected chi connectivity index (χ3v) is 2.70. The molecule has 1 heterocycles. The summed E-state index contributed by atoms with van der Waals surface area (Å²) in [5.74, 6) is 1.02. The average Bonchev–Trinajstić information content (AvgIpc) is 2.86. The van der Waals surface area contributed by atoms with Gasteiger partial charge in [-0.1, -0.05) is 42.5 Å². The molecule has 2 nitrogen and oxygen atoms in total. The van der Waals surface area contributed by atoms with E-state index in [9.17, 15) is 4.79 Å². The second kappa shape index (κ2) is 3.91. The van der Waals surface area contributed by atoms with E-state index in [1.165, 1.54) is 0 Å². The maximum Gasteiger partial charge on any atom is 0.228 e. The highest BCUT2D eigenvalue weighted by atomic mass is 16.3. The number of ketones is 1. The minimum atomic E-state index is -0.0892. The third kappa shape index (κ3) is 1.74. The predicted octanol–water partition coefficient (Wildman–Crippen LogP) is 3.62. The Hall–Kier alpha value is -2.35. The Morgan fingerprint density at radius 1 is 0.824 bits per heavy atom. The molecular weight excluding hydrogens is 212 g/mol. The van der Waals surface area contributed by atoms with Gasteiger partial charge in [0.2, 0.25) is 5.78 Å². The van der Waals surface area contributed by atoms with Gasteiger partial charge in [0.05, 0.1) is 0 Å². The summed E-state index contributed by atoms with van der Waals surface area (Å²) in [6.07, 6.45) is 0. The van der Waals surface area contributed by atoms with E-state index in [-0.39, 0.29) is 5.78 Å². The van der Waals surface area contributed by atoms with Crippen LogP contribution in [0.3, 0.4) is 0 Å². The van der Waals surface area contributed by atoms with Gasteiger partial charge in [0.1, 0.15) is 5.76 Å². The van der Waals surface area contributed by atoms with Gasteiger partial charge in [-0.25, -0.2) is 0 Å². The van der Waals surface area contributed by atoms with Gasteiger partial charge in [-0.15, -0.1) is 0 Å². The lowest BCUT2D eigenvalue weighted by Crippen LogP contribution is -2.00. The molecule has 0 unspecified atom stereocenters. The Morgan fingerprint density at radius 2 is 1.65 bits per heavy atom. The summed E-state index contributed by atoms with van der Waals surface area (Å²) < 4.78 is 5.57. The van der Waals surface area contributed by atoms with Crippen molar-refractivity contribution in [3.8, 4) is 11.3 Å². The number of fused-ring (bicyclic) bond motifs is 1. The maximum absolute atomic E-state index is 12.1. The summed E-state index contributed by atoms with van der Waals surface area (Å²) in [6.45, 7) is 0. The molecule has 0 saturated heterocycles. The summed E-state index contributed by atoms with van der Waals surface area (Å²) in [6, 6.07) is 18.5. The summed E-state index contributed by atoms with van der Waals surface area (Å²) in [5.41, 5.74) is 1.65. The Labute approximate surface area is 98.8 Å². The highest BCUT2D eigenvalue weighted by Gasteiger charge is 2.13. The number of carbonyl (C=O) groups is 1. The highest BCUT2D eigenvalue weighted by molar-refractivity contribution is 6.07. The fourth-order valence-electron chi connectivity index (χ4n) is 1.82. The Morgan fingerprint density at radius 3 is 2.47 bits per heavy atom. The molecule has 2 aliphatic rings. The zero-order valence-corrected chi connectivity index (χ0v) is 9.09. The summed E-state index contributed by atoms with van der Waals surface area (Å²) in [5, 5.41) is 0. The van der Waals surface area contributed by atoms with Crippen molar-refractivity contribution >= 4 is 5.78 Å². The molecule has 0 fully saturated rings. The molecule has 1 aromatic rings. The maximum atomic E-state index is 12.1. The van der Waals surface area contributed by atoms with Gasteiger partial charge in [0.25, 0.3) is 0 Å². The number of hydrogen-bond acceptors (Lipinski definition) is 2. The van der Waals surface area contributed by atoms with Gasteiger partial charge in [-0.3, -0.25) is 4.79 Å². The first kappa shape index (κ1) is 9.85. The number of rotatable bonds is 2. The Kier molecular flexibility index (Phi) is 2.26. The van der Waals surface area contributed by atoms with E-state index >= 15 is 0 Å². The van der Waals surface area contributed by atoms with Crippen LogP contribution in [0.15, 0.2) is 65.1 Å². The minimum Gasteiger partial charge on any atom is -0.453 e. The molecule has 0 saturated carbocycles. The molecule has 1 aromatic carbocycles. The number of benzene rings is 1. The second-order valence-electron chi connectivity index (χ2n) is 3.84. The van der Waals surface area contributed by atoms with E-state index in [0.29, 0.717) is 11.3 Å². The molecule has 3 rings (SSSR count). The molecule has 0 bridgehead atoms. The van der Waals surface area contributed by atoms with Crippen LogP contribution < -0.4 is 0 Å². The molecule has 0 aromatic heterocycles. The van der Waals surface area contributed by atoms with Crippen molar-refractivity contribution in [2.45, 2.75) is 0 Å². The third-order valence-electron chi connectivity index (χ3n) is 2.70. The van der Waals surface area contributed by atoms with Gasteiger partial charge in [-0.2, -0.15) is 0 Å². The van der Waals surface area contributed by atoms with Crippen molar-refractivity contribution in [3.63, 3.8) is 0 Å². The number of hydrogen-bond donors (Lipinski definition) is 0. The van der Waals surface area contributed by atoms with Crippen LogP contribution in [0.4, 0.5) is 0 Å². The molecular formula is C15H10O2. The summed E-state index contributed by atoms with van der Waals surface area (Å²) >= 11 is 0. The smallest absolute Gasteiger partial charge is 0.228 e. The van der Waals surface area contributed by atoms with Crippen LogP contribution in [0.2, 0.25) is 0 Å². The van der Waals surface area contributed by atoms with Crippen molar-refractivity contribution in [1.29, 1.82) is 0 Å². The van der Waals surface area contributed by atoms with Gasteiger partial charge >= 0.3 is 0 Å². The van der Waals surface area contributed by atoms with Gasteiger partial charge in [0.15, 0.2) is 5.76 Å². The standard InChI is InChI=1S/C15H10O2/c16-15(12-5-2-1-3-6-12)14-10-9-11-7-4-8-13(11)17-14/h1-10H. The summed E-state index contributed by atoms with van der Waals surface area (Å²) in [4.78, 5) is 12.1. The van der Waals surface area contributed by atoms with Crippen LogP contribution in [-0.2, 0) is 0 Å². The van der Waals surface area contributed by atoms with E-state index < -0.39 is 0 Å². The molecule has 2 heteroatoms.